The lowest BCUT2D eigenvalue weighted by atomic mass is 9.97. The summed E-state index contributed by atoms with van der Waals surface area (Å²) in [5.74, 6) is 0.993. The third-order valence-corrected chi connectivity index (χ3v) is 4.68. The highest BCUT2D eigenvalue weighted by Crippen LogP contribution is 2.25. The summed E-state index contributed by atoms with van der Waals surface area (Å²) in [5, 5.41) is 4.10. The lowest BCUT2D eigenvalue weighted by Crippen LogP contribution is -2.39. The number of aromatic nitrogens is 4. The van der Waals surface area contributed by atoms with Crippen molar-refractivity contribution in [3.05, 3.63) is 71.9 Å². The smallest absolute Gasteiger partial charge is 0.274 e. The van der Waals surface area contributed by atoms with Gasteiger partial charge in [-0.1, -0.05) is 35.5 Å². The predicted octanol–water partition coefficient (Wildman–Crippen LogP) is 2.60. The van der Waals surface area contributed by atoms with Crippen LogP contribution in [0.1, 0.15) is 46.5 Å². The molecule has 1 fully saturated rings. The number of hydrogen-bond acceptors (Lipinski definition) is 7. The Hall–Kier alpha value is -3.13. The molecule has 4 rings (SSSR count). The molecule has 1 aliphatic rings. The molecule has 3 aromatic rings. The maximum absolute atomic E-state index is 12.6. The summed E-state index contributed by atoms with van der Waals surface area (Å²) in [6.07, 6.45) is 6.35. The highest BCUT2D eigenvalue weighted by Gasteiger charge is 2.29. The molecule has 1 aromatic carbocycles. The molecule has 3 heterocycles. The first-order valence-electron chi connectivity index (χ1n) is 9.29. The third kappa shape index (κ3) is 4.40. The molecular formula is C20H21N5O3. The SMILES string of the molecule is O=C(c1cnccn1)N1CCCC(c2noc(COCc3ccccc3)n2)C1. The number of nitrogens with zero attached hydrogens (tertiary/aromatic N) is 5. The van der Waals surface area contributed by atoms with Crippen LogP contribution in [-0.2, 0) is 18.0 Å². The highest BCUT2D eigenvalue weighted by molar-refractivity contribution is 5.92. The monoisotopic (exact) mass is 379 g/mol. The molecule has 1 saturated heterocycles. The summed E-state index contributed by atoms with van der Waals surface area (Å²) in [6, 6.07) is 9.92. The van der Waals surface area contributed by atoms with E-state index in [9.17, 15) is 4.79 Å². The molecule has 8 heteroatoms. The van der Waals surface area contributed by atoms with E-state index in [1.54, 1.807) is 11.1 Å². The van der Waals surface area contributed by atoms with E-state index in [0.717, 1.165) is 18.4 Å². The van der Waals surface area contributed by atoms with Gasteiger partial charge in [0.15, 0.2) is 5.82 Å². The molecule has 1 unspecified atom stereocenters. The maximum Gasteiger partial charge on any atom is 0.274 e. The minimum absolute atomic E-state index is 0.0426. The van der Waals surface area contributed by atoms with Crippen LogP contribution in [0.4, 0.5) is 0 Å². The highest BCUT2D eigenvalue weighted by atomic mass is 16.5. The van der Waals surface area contributed by atoms with Crippen LogP contribution in [0.3, 0.4) is 0 Å². The Balaban J connectivity index is 1.33. The minimum Gasteiger partial charge on any atom is -0.367 e. The van der Waals surface area contributed by atoms with Crippen LogP contribution in [0.15, 0.2) is 53.4 Å². The summed E-state index contributed by atoms with van der Waals surface area (Å²) in [7, 11) is 0. The van der Waals surface area contributed by atoms with E-state index >= 15 is 0 Å². The van der Waals surface area contributed by atoms with Gasteiger partial charge in [-0.05, 0) is 18.4 Å². The summed E-state index contributed by atoms with van der Waals surface area (Å²) < 4.78 is 11.0. The van der Waals surface area contributed by atoms with Gasteiger partial charge in [-0.2, -0.15) is 4.98 Å². The second-order valence-electron chi connectivity index (χ2n) is 6.71. The van der Waals surface area contributed by atoms with E-state index < -0.39 is 0 Å². The maximum atomic E-state index is 12.6. The lowest BCUT2D eigenvalue weighted by Gasteiger charge is -2.30. The number of likely N-dealkylation sites (tertiary alicyclic amines) is 1. The van der Waals surface area contributed by atoms with Crippen LogP contribution in [0, 0.1) is 0 Å². The molecule has 0 saturated carbocycles. The van der Waals surface area contributed by atoms with Crippen LogP contribution in [0.5, 0.6) is 0 Å². The number of amides is 1. The fourth-order valence-electron chi connectivity index (χ4n) is 3.27. The number of rotatable bonds is 6. The fraction of sp³-hybridized carbons (Fsp3) is 0.350. The molecule has 1 aliphatic heterocycles. The predicted molar refractivity (Wildman–Crippen MR) is 99.1 cm³/mol. The average Bonchev–Trinajstić information content (AvgIpc) is 3.24. The Morgan fingerprint density at radius 1 is 1.21 bits per heavy atom. The second-order valence-corrected chi connectivity index (χ2v) is 6.71. The quantitative estimate of drug-likeness (QED) is 0.650. The van der Waals surface area contributed by atoms with E-state index in [1.165, 1.54) is 12.4 Å². The summed E-state index contributed by atoms with van der Waals surface area (Å²) >= 11 is 0. The Bertz CT molecular complexity index is 900. The van der Waals surface area contributed by atoms with Crippen LogP contribution in [0.2, 0.25) is 0 Å². The largest absolute Gasteiger partial charge is 0.367 e. The number of benzene rings is 1. The van der Waals surface area contributed by atoms with Crippen LogP contribution in [0.25, 0.3) is 0 Å². The fourth-order valence-corrected chi connectivity index (χ4v) is 3.27. The van der Waals surface area contributed by atoms with Gasteiger partial charge in [0.05, 0.1) is 12.8 Å². The van der Waals surface area contributed by atoms with E-state index in [2.05, 4.69) is 20.1 Å². The first-order chi connectivity index (χ1) is 13.8. The number of ether oxygens (including phenoxy) is 1. The Kier molecular flexibility index (Phi) is 5.67. The molecule has 8 nitrogen and oxygen atoms in total. The normalized spacial score (nSPS) is 16.9. The van der Waals surface area contributed by atoms with E-state index in [1.807, 2.05) is 30.3 Å². The summed E-state index contributed by atoms with van der Waals surface area (Å²) in [4.78, 5) is 26.9. The second kappa shape index (κ2) is 8.71. The van der Waals surface area contributed by atoms with E-state index in [0.29, 0.717) is 37.1 Å². The van der Waals surface area contributed by atoms with Gasteiger partial charge < -0.3 is 14.2 Å². The third-order valence-electron chi connectivity index (χ3n) is 4.68. The zero-order valence-electron chi connectivity index (χ0n) is 15.4. The molecule has 0 bridgehead atoms. The van der Waals surface area contributed by atoms with Gasteiger partial charge in [0.25, 0.3) is 11.8 Å². The molecular weight excluding hydrogens is 358 g/mol. The number of hydrogen-bond donors (Lipinski definition) is 0. The van der Waals surface area contributed by atoms with Crippen LogP contribution >= 0.6 is 0 Å². The average molecular weight is 379 g/mol. The van der Waals surface area contributed by atoms with Crippen molar-refractivity contribution in [1.29, 1.82) is 0 Å². The molecule has 0 aliphatic carbocycles. The van der Waals surface area contributed by atoms with Crippen molar-refractivity contribution in [2.24, 2.45) is 0 Å². The summed E-state index contributed by atoms with van der Waals surface area (Å²) in [5.41, 5.74) is 1.44. The molecule has 1 atom stereocenters. The molecule has 2 aromatic heterocycles. The van der Waals surface area contributed by atoms with Crippen molar-refractivity contribution >= 4 is 5.91 Å². The first kappa shape index (κ1) is 18.2. The molecule has 28 heavy (non-hydrogen) atoms. The lowest BCUT2D eigenvalue weighted by molar-refractivity contribution is 0.0697. The molecule has 144 valence electrons. The van der Waals surface area contributed by atoms with Crippen LogP contribution < -0.4 is 0 Å². The van der Waals surface area contributed by atoms with Crippen molar-refractivity contribution in [1.82, 2.24) is 25.0 Å². The minimum atomic E-state index is -0.118. The summed E-state index contributed by atoms with van der Waals surface area (Å²) in [6.45, 7) is 1.98. The van der Waals surface area contributed by atoms with Gasteiger partial charge in [-0.25, -0.2) is 4.98 Å². The Labute approximate surface area is 162 Å². The van der Waals surface area contributed by atoms with E-state index in [-0.39, 0.29) is 18.4 Å². The van der Waals surface area contributed by atoms with Gasteiger partial charge in [0.1, 0.15) is 12.3 Å². The van der Waals surface area contributed by atoms with Crippen molar-refractivity contribution in [3.8, 4) is 0 Å². The number of carbonyl (C=O) groups excluding carboxylic acids is 1. The van der Waals surface area contributed by atoms with Gasteiger partial charge in [0, 0.05) is 31.4 Å². The molecule has 1 amide bonds. The molecule has 0 N–H and O–H groups in total. The van der Waals surface area contributed by atoms with Gasteiger partial charge >= 0.3 is 0 Å². The van der Waals surface area contributed by atoms with Crippen molar-refractivity contribution in [2.75, 3.05) is 13.1 Å². The zero-order chi connectivity index (χ0) is 19.2. The topological polar surface area (TPSA) is 94.2 Å². The first-order valence-corrected chi connectivity index (χ1v) is 9.29. The molecule has 0 spiro atoms. The standard InChI is InChI=1S/C20H21N5O3/c26-20(17-11-21-8-9-22-17)25-10-4-7-16(12-25)19-23-18(28-24-19)14-27-13-15-5-2-1-3-6-15/h1-3,5-6,8-9,11,16H,4,7,10,12-14H2. The Morgan fingerprint density at radius 2 is 2.11 bits per heavy atom. The van der Waals surface area contributed by atoms with Crippen molar-refractivity contribution in [2.45, 2.75) is 32.0 Å². The van der Waals surface area contributed by atoms with Crippen molar-refractivity contribution in [3.63, 3.8) is 0 Å². The van der Waals surface area contributed by atoms with Crippen LogP contribution in [-0.4, -0.2) is 44.0 Å². The number of carbonyl (C=O) groups is 1. The molecule has 0 radical (unpaired) electrons. The van der Waals surface area contributed by atoms with Crippen molar-refractivity contribution < 1.29 is 14.1 Å². The van der Waals surface area contributed by atoms with Gasteiger partial charge in [-0.15, -0.1) is 0 Å². The number of piperidine rings is 1. The zero-order valence-corrected chi connectivity index (χ0v) is 15.4. The van der Waals surface area contributed by atoms with Gasteiger partial charge in [0.2, 0.25) is 0 Å². The van der Waals surface area contributed by atoms with E-state index in [4.69, 9.17) is 9.26 Å². The Morgan fingerprint density at radius 3 is 2.93 bits per heavy atom. The van der Waals surface area contributed by atoms with Gasteiger partial charge in [-0.3, -0.25) is 9.78 Å².